The summed E-state index contributed by atoms with van der Waals surface area (Å²) in [4.78, 5) is 19.9. The molecule has 0 unspecified atom stereocenters. The van der Waals surface area contributed by atoms with Crippen LogP contribution in [0.25, 0.3) is 11.1 Å². The van der Waals surface area contributed by atoms with Crippen molar-refractivity contribution >= 4 is 28.7 Å². The quantitative estimate of drug-likeness (QED) is 0.868. The molecule has 0 atom stereocenters. The molecule has 0 saturated heterocycles. The van der Waals surface area contributed by atoms with Crippen molar-refractivity contribution in [2.24, 2.45) is 0 Å². The molecule has 0 saturated carbocycles. The fraction of sp³-hybridized carbons (Fsp3) is 0.235. The van der Waals surface area contributed by atoms with Gasteiger partial charge < -0.3 is 9.84 Å². The SMILES string of the molecule is COC(=O)c1cc(C2=C(c3cc(Cl)ccc3O)CCC2)ncn1. The highest BCUT2D eigenvalue weighted by Crippen LogP contribution is 2.42. The maximum Gasteiger partial charge on any atom is 0.356 e. The number of halogens is 1. The van der Waals surface area contributed by atoms with Gasteiger partial charge in [0.1, 0.15) is 12.1 Å². The average Bonchev–Trinajstić information content (AvgIpc) is 3.06. The lowest BCUT2D eigenvalue weighted by Gasteiger charge is -2.10. The minimum atomic E-state index is -0.501. The van der Waals surface area contributed by atoms with E-state index in [9.17, 15) is 9.90 Å². The third kappa shape index (κ3) is 3.05. The standard InChI is InChI=1S/C17H15ClN2O3/c1-23-17(22)15-8-14(19-9-20-15)12-4-2-3-11(12)13-7-10(18)5-6-16(13)21/h5-9,21H,2-4H2,1H3. The Morgan fingerprint density at radius 2 is 2.00 bits per heavy atom. The second kappa shape index (κ2) is 6.38. The van der Waals surface area contributed by atoms with Gasteiger partial charge >= 0.3 is 5.97 Å². The summed E-state index contributed by atoms with van der Waals surface area (Å²) < 4.78 is 4.70. The van der Waals surface area contributed by atoms with E-state index in [-0.39, 0.29) is 11.4 Å². The second-order valence-electron chi connectivity index (χ2n) is 5.25. The Morgan fingerprint density at radius 3 is 2.78 bits per heavy atom. The van der Waals surface area contributed by atoms with E-state index in [2.05, 4.69) is 9.97 Å². The maximum absolute atomic E-state index is 11.6. The molecule has 1 aliphatic carbocycles. The van der Waals surface area contributed by atoms with Crippen LogP contribution in [0.1, 0.15) is 41.0 Å². The van der Waals surface area contributed by atoms with Crippen LogP contribution in [0.2, 0.25) is 5.02 Å². The summed E-state index contributed by atoms with van der Waals surface area (Å²) in [6.07, 6.45) is 3.94. The van der Waals surface area contributed by atoms with Crippen LogP contribution >= 0.6 is 11.6 Å². The van der Waals surface area contributed by atoms with E-state index in [0.717, 1.165) is 30.4 Å². The first-order chi connectivity index (χ1) is 11.1. The van der Waals surface area contributed by atoms with E-state index in [1.807, 2.05) is 0 Å². The Morgan fingerprint density at radius 1 is 1.22 bits per heavy atom. The minimum Gasteiger partial charge on any atom is -0.507 e. The van der Waals surface area contributed by atoms with Gasteiger partial charge in [-0.15, -0.1) is 0 Å². The molecule has 1 aromatic carbocycles. The third-order valence-corrected chi connectivity index (χ3v) is 4.11. The van der Waals surface area contributed by atoms with Crippen molar-refractivity contribution in [1.29, 1.82) is 0 Å². The first-order valence-corrected chi connectivity index (χ1v) is 7.59. The van der Waals surface area contributed by atoms with Crippen molar-refractivity contribution in [2.75, 3.05) is 7.11 Å². The summed E-state index contributed by atoms with van der Waals surface area (Å²) in [6, 6.07) is 6.60. The summed E-state index contributed by atoms with van der Waals surface area (Å²) in [5, 5.41) is 10.7. The minimum absolute atomic E-state index is 0.186. The largest absolute Gasteiger partial charge is 0.507 e. The van der Waals surface area contributed by atoms with E-state index < -0.39 is 5.97 Å². The van der Waals surface area contributed by atoms with Crippen molar-refractivity contribution in [2.45, 2.75) is 19.3 Å². The van der Waals surface area contributed by atoms with E-state index in [1.54, 1.807) is 24.3 Å². The smallest absolute Gasteiger partial charge is 0.356 e. The number of phenols is 1. The number of aromatic nitrogens is 2. The van der Waals surface area contributed by atoms with Gasteiger partial charge in [-0.25, -0.2) is 14.8 Å². The van der Waals surface area contributed by atoms with Gasteiger partial charge in [0.15, 0.2) is 5.69 Å². The Hall–Kier alpha value is -2.40. The summed E-state index contributed by atoms with van der Waals surface area (Å²) in [7, 11) is 1.31. The van der Waals surface area contributed by atoms with E-state index >= 15 is 0 Å². The normalized spacial score (nSPS) is 14.2. The predicted octanol–water partition coefficient (Wildman–Crippen LogP) is 3.72. The molecular weight excluding hydrogens is 316 g/mol. The fourth-order valence-corrected chi connectivity index (χ4v) is 2.98. The molecule has 0 aliphatic heterocycles. The number of benzene rings is 1. The maximum atomic E-state index is 11.6. The summed E-state index contributed by atoms with van der Waals surface area (Å²) in [6.45, 7) is 0. The molecule has 6 heteroatoms. The number of nitrogens with zero attached hydrogens (tertiary/aromatic N) is 2. The number of hydrogen-bond donors (Lipinski definition) is 1. The van der Waals surface area contributed by atoms with E-state index in [1.165, 1.54) is 13.4 Å². The zero-order valence-electron chi connectivity index (χ0n) is 12.5. The van der Waals surface area contributed by atoms with Gasteiger partial charge in [-0.1, -0.05) is 11.6 Å². The zero-order chi connectivity index (χ0) is 16.4. The van der Waals surface area contributed by atoms with Crippen molar-refractivity contribution in [3.8, 4) is 5.75 Å². The van der Waals surface area contributed by atoms with Crippen LogP contribution in [0.5, 0.6) is 5.75 Å². The van der Waals surface area contributed by atoms with Crippen LogP contribution in [0.3, 0.4) is 0 Å². The Balaban J connectivity index is 2.10. The van der Waals surface area contributed by atoms with E-state index in [0.29, 0.717) is 16.3 Å². The van der Waals surface area contributed by atoms with Crippen LogP contribution in [0.4, 0.5) is 0 Å². The number of methoxy groups -OCH3 is 1. The number of ether oxygens (including phenoxy) is 1. The van der Waals surface area contributed by atoms with Gasteiger partial charge in [0.2, 0.25) is 0 Å². The number of phenolic OH excluding ortho intramolecular Hbond substituents is 1. The van der Waals surface area contributed by atoms with Crippen molar-refractivity contribution in [3.63, 3.8) is 0 Å². The van der Waals surface area contributed by atoms with Crippen LogP contribution in [-0.2, 0) is 4.74 Å². The molecule has 1 aliphatic rings. The van der Waals surface area contributed by atoms with Gasteiger partial charge in [0.05, 0.1) is 12.8 Å². The molecule has 0 amide bonds. The first-order valence-electron chi connectivity index (χ1n) is 7.22. The van der Waals surface area contributed by atoms with Gasteiger partial charge in [0, 0.05) is 10.6 Å². The second-order valence-corrected chi connectivity index (χ2v) is 5.69. The van der Waals surface area contributed by atoms with E-state index in [4.69, 9.17) is 16.3 Å². The Kier molecular flexibility index (Phi) is 4.30. The highest BCUT2D eigenvalue weighted by molar-refractivity contribution is 6.30. The van der Waals surface area contributed by atoms with Crippen LogP contribution in [0, 0.1) is 0 Å². The molecule has 0 bridgehead atoms. The third-order valence-electron chi connectivity index (χ3n) is 3.87. The number of hydrogen-bond acceptors (Lipinski definition) is 5. The average molecular weight is 331 g/mol. The monoisotopic (exact) mass is 330 g/mol. The van der Waals surface area contributed by atoms with Crippen molar-refractivity contribution in [3.05, 3.63) is 52.6 Å². The van der Waals surface area contributed by atoms with Gasteiger partial charge in [0.25, 0.3) is 0 Å². The molecule has 0 radical (unpaired) electrons. The number of allylic oxidation sites excluding steroid dienone is 2. The zero-order valence-corrected chi connectivity index (χ0v) is 13.3. The highest BCUT2D eigenvalue weighted by atomic mass is 35.5. The molecule has 23 heavy (non-hydrogen) atoms. The molecule has 2 aromatic rings. The number of carbonyl (C=O) groups excluding carboxylic acids is 1. The molecule has 118 valence electrons. The van der Waals surface area contributed by atoms with Crippen LogP contribution in [0.15, 0.2) is 30.6 Å². The van der Waals surface area contributed by atoms with Crippen LogP contribution in [-0.4, -0.2) is 28.2 Å². The number of rotatable bonds is 3. The topological polar surface area (TPSA) is 72.3 Å². The van der Waals surface area contributed by atoms with Gasteiger partial charge in [-0.3, -0.25) is 0 Å². The lowest BCUT2D eigenvalue weighted by Crippen LogP contribution is -2.05. The Labute approximate surface area is 138 Å². The molecule has 3 rings (SSSR count). The predicted molar refractivity (Wildman–Crippen MR) is 87.2 cm³/mol. The molecule has 0 fully saturated rings. The lowest BCUT2D eigenvalue weighted by atomic mass is 9.99. The van der Waals surface area contributed by atoms with Gasteiger partial charge in [-0.2, -0.15) is 0 Å². The molecular formula is C17H15ClN2O3. The number of carbonyl (C=O) groups is 1. The molecule has 1 heterocycles. The number of aromatic hydroxyl groups is 1. The summed E-state index contributed by atoms with van der Waals surface area (Å²) in [5.74, 6) is -0.314. The lowest BCUT2D eigenvalue weighted by molar-refractivity contribution is 0.0593. The Bertz CT molecular complexity index is 802. The van der Waals surface area contributed by atoms with Crippen molar-refractivity contribution < 1.29 is 14.6 Å². The summed E-state index contributed by atoms with van der Waals surface area (Å²) >= 11 is 6.05. The molecule has 1 N–H and O–H groups in total. The molecule has 0 spiro atoms. The fourth-order valence-electron chi connectivity index (χ4n) is 2.81. The first kappa shape index (κ1) is 15.5. The number of esters is 1. The summed E-state index contributed by atoms with van der Waals surface area (Å²) in [5.41, 5.74) is 3.59. The van der Waals surface area contributed by atoms with Crippen LogP contribution < -0.4 is 0 Å². The van der Waals surface area contributed by atoms with Crippen molar-refractivity contribution in [1.82, 2.24) is 9.97 Å². The van der Waals surface area contributed by atoms with Gasteiger partial charge in [-0.05, 0) is 54.7 Å². The molecule has 1 aromatic heterocycles. The highest BCUT2D eigenvalue weighted by Gasteiger charge is 2.22. The molecule has 5 nitrogen and oxygen atoms in total.